The van der Waals surface area contributed by atoms with E-state index in [0.717, 1.165) is 0 Å². The van der Waals surface area contributed by atoms with Crippen molar-refractivity contribution in [3.63, 3.8) is 0 Å². The molecule has 0 bridgehead atoms. The van der Waals surface area contributed by atoms with Crippen LogP contribution in [0.4, 0.5) is 26.1 Å². The highest BCUT2D eigenvalue weighted by Crippen LogP contribution is 2.31. The molecular weight excluding hydrogens is 264 g/mol. The maximum absolute atomic E-state index is 13.7. The van der Waals surface area contributed by atoms with E-state index in [1.807, 2.05) is 13.8 Å². The lowest BCUT2D eigenvalue weighted by molar-refractivity contribution is 0.590. The van der Waals surface area contributed by atoms with Crippen LogP contribution in [0.25, 0.3) is 0 Å². The summed E-state index contributed by atoms with van der Waals surface area (Å²) in [5.41, 5.74) is 2.85. The maximum Gasteiger partial charge on any atom is 0.149 e. The van der Waals surface area contributed by atoms with Gasteiger partial charge in [-0.15, -0.1) is 0 Å². The molecule has 1 aromatic heterocycles. The third-order valence-electron chi connectivity index (χ3n) is 2.80. The van der Waals surface area contributed by atoms with Crippen LogP contribution in [0.5, 0.6) is 0 Å². The van der Waals surface area contributed by atoms with Gasteiger partial charge in [-0.2, -0.15) is 0 Å². The zero-order valence-corrected chi connectivity index (χ0v) is 11.1. The summed E-state index contributed by atoms with van der Waals surface area (Å²) in [6, 6.07) is 3.64. The molecule has 0 aliphatic rings. The number of benzene rings is 1. The Hall–Kier alpha value is -2.28. The molecule has 0 radical (unpaired) electrons. The number of halogens is 2. The largest absolute Gasteiger partial charge is 0.335 e. The highest BCUT2D eigenvalue weighted by Gasteiger charge is 2.17. The van der Waals surface area contributed by atoms with Crippen molar-refractivity contribution < 1.29 is 8.78 Å². The van der Waals surface area contributed by atoms with Crippen LogP contribution in [0.15, 0.2) is 24.5 Å². The number of para-hydroxylation sites is 1. The molecule has 2 rings (SSSR count). The zero-order chi connectivity index (χ0) is 14.7. The van der Waals surface area contributed by atoms with Gasteiger partial charge in [0.05, 0.1) is 0 Å². The summed E-state index contributed by atoms with van der Waals surface area (Å²) in [7, 11) is 0. The fraction of sp³-hybridized carbons (Fsp3) is 0.231. The van der Waals surface area contributed by atoms with Gasteiger partial charge >= 0.3 is 0 Å². The van der Waals surface area contributed by atoms with E-state index in [-0.39, 0.29) is 11.6 Å². The molecule has 0 saturated heterocycles. The van der Waals surface area contributed by atoms with Crippen molar-refractivity contribution in [2.24, 2.45) is 5.84 Å². The predicted molar refractivity (Wildman–Crippen MR) is 73.6 cm³/mol. The Kier molecular flexibility index (Phi) is 4.09. The third kappa shape index (κ3) is 2.67. The van der Waals surface area contributed by atoms with E-state index in [4.69, 9.17) is 5.84 Å². The maximum atomic E-state index is 13.7. The summed E-state index contributed by atoms with van der Waals surface area (Å²) in [6.07, 6.45) is 1.27. The normalized spacial score (nSPS) is 10.7. The van der Waals surface area contributed by atoms with Crippen molar-refractivity contribution in [3.8, 4) is 0 Å². The Labute approximate surface area is 115 Å². The molecule has 5 nitrogen and oxygen atoms in total. The second-order valence-electron chi connectivity index (χ2n) is 4.51. The summed E-state index contributed by atoms with van der Waals surface area (Å²) >= 11 is 0. The number of hydrogen-bond donors (Lipinski definition) is 3. The van der Waals surface area contributed by atoms with Crippen molar-refractivity contribution in [1.82, 2.24) is 9.97 Å². The Bertz CT molecular complexity index is 595. The zero-order valence-electron chi connectivity index (χ0n) is 11.1. The summed E-state index contributed by atoms with van der Waals surface area (Å²) < 4.78 is 27.3. The molecular formula is C13H15F2N5. The molecule has 1 heterocycles. The molecule has 4 N–H and O–H groups in total. The minimum Gasteiger partial charge on any atom is -0.335 e. The number of nitrogens with one attached hydrogen (secondary N) is 2. The van der Waals surface area contributed by atoms with E-state index in [2.05, 4.69) is 20.7 Å². The minimum atomic E-state index is -0.694. The van der Waals surface area contributed by atoms with E-state index < -0.39 is 11.6 Å². The second-order valence-corrected chi connectivity index (χ2v) is 4.51. The molecule has 106 valence electrons. The van der Waals surface area contributed by atoms with Crippen LogP contribution in [0.3, 0.4) is 0 Å². The van der Waals surface area contributed by atoms with Gasteiger partial charge in [0.25, 0.3) is 0 Å². The van der Waals surface area contributed by atoms with E-state index in [1.165, 1.54) is 24.5 Å². The van der Waals surface area contributed by atoms with Crippen molar-refractivity contribution >= 4 is 17.3 Å². The molecule has 1 aromatic carbocycles. The van der Waals surface area contributed by atoms with Crippen molar-refractivity contribution in [2.45, 2.75) is 19.8 Å². The summed E-state index contributed by atoms with van der Waals surface area (Å²) in [5.74, 6) is 4.74. The number of hydrogen-bond acceptors (Lipinski definition) is 5. The molecule has 7 heteroatoms. The van der Waals surface area contributed by atoms with E-state index in [0.29, 0.717) is 17.2 Å². The lowest BCUT2D eigenvalue weighted by atomic mass is 10.0. The highest BCUT2D eigenvalue weighted by molar-refractivity contribution is 5.66. The fourth-order valence-electron chi connectivity index (χ4n) is 1.89. The summed E-state index contributed by atoms with van der Waals surface area (Å²) in [5, 5.41) is 2.67. The lowest BCUT2D eigenvalue weighted by Crippen LogP contribution is -2.14. The van der Waals surface area contributed by atoms with Crippen LogP contribution >= 0.6 is 0 Å². The molecule has 0 saturated carbocycles. The van der Waals surface area contributed by atoms with Crippen molar-refractivity contribution in [2.75, 3.05) is 10.7 Å². The first-order valence-electron chi connectivity index (χ1n) is 6.07. The smallest absolute Gasteiger partial charge is 0.149 e. The number of rotatable bonds is 4. The first-order chi connectivity index (χ1) is 9.54. The third-order valence-corrected chi connectivity index (χ3v) is 2.80. The van der Waals surface area contributed by atoms with Gasteiger partial charge in [0.1, 0.15) is 35.3 Å². The van der Waals surface area contributed by atoms with Gasteiger partial charge in [0.2, 0.25) is 0 Å². The SMILES string of the molecule is CC(C)c1c(NN)ncnc1Nc1c(F)cccc1F. The van der Waals surface area contributed by atoms with Crippen LogP contribution < -0.4 is 16.6 Å². The standard InChI is InChI=1S/C13H15F2N5/c1-7(2)10-12(17-6-18-13(10)20-16)19-11-8(14)4-3-5-9(11)15/h3-7H,16H2,1-2H3,(H2,17,18,19,20). The molecule has 0 unspecified atom stereocenters. The Morgan fingerprint density at radius 1 is 1.10 bits per heavy atom. The number of hydrazine groups is 1. The number of aromatic nitrogens is 2. The quantitative estimate of drug-likeness (QED) is 0.592. The Morgan fingerprint density at radius 3 is 2.25 bits per heavy atom. The first kappa shape index (κ1) is 14.1. The van der Waals surface area contributed by atoms with Gasteiger partial charge in [-0.1, -0.05) is 19.9 Å². The lowest BCUT2D eigenvalue weighted by Gasteiger charge is -2.17. The van der Waals surface area contributed by atoms with Crippen LogP contribution in [0.2, 0.25) is 0 Å². The molecule has 0 spiro atoms. The van der Waals surface area contributed by atoms with E-state index in [1.54, 1.807) is 0 Å². The van der Waals surface area contributed by atoms with E-state index in [9.17, 15) is 8.78 Å². The minimum absolute atomic E-state index is 0.0135. The van der Waals surface area contributed by atoms with Gasteiger partial charge in [-0.3, -0.25) is 0 Å². The van der Waals surface area contributed by atoms with Gasteiger partial charge < -0.3 is 10.7 Å². The average Bonchev–Trinajstić information content (AvgIpc) is 2.42. The molecule has 0 aliphatic heterocycles. The fourth-order valence-corrected chi connectivity index (χ4v) is 1.89. The van der Waals surface area contributed by atoms with Crippen molar-refractivity contribution in [3.05, 3.63) is 41.7 Å². The van der Waals surface area contributed by atoms with Crippen LogP contribution in [0.1, 0.15) is 25.3 Å². The number of nitrogens with two attached hydrogens (primary N) is 1. The topological polar surface area (TPSA) is 75.9 Å². The molecule has 0 aliphatic carbocycles. The summed E-state index contributed by atoms with van der Waals surface area (Å²) in [4.78, 5) is 8.03. The second kappa shape index (κ2) is 5.79. The number of nitrogen functional groups attached to an aromatic ring is 1. The molecule has 0 atom stereocenters. The molecule has 0 amide bonds. The Balaban J connectivity index is 2.49. The van der Waals surface area contributed by atoms with Gasteiger partial charge in [-0.25, -0.2) is 24.6 Å². The van der Waals surface area contributed by atoms with Crippen LogP contribution in [-0.2, 0) is 0 Å². The Morgan fingerprint density at radius 2 is 1.70 bits per heavy atom. The molecule has 20 heavy (non-hydrogen) atoms. The molecule has 2 aromatic rings. The average molecular weight is 279 g/mol. The van der Waals surface area contributed by atoms with Gasteiger partial charge in [-0.05, 0) is 18.1 Å². The van der Waals surface area contributed by atoms with Crippen LogP contribution in [0, 0.1) is 11.6 Å². The van der Waals surface area contributed by atoms with Gasteiger partial charge in [0, 0.05) is 5.56 Å². The monoisotopic (exact) mass is 279 g/mol. The molecule has 0 fully saturated rings. The number of nitrogens with zero attached hydrogens (tertiary/aromatic N) is 2. The number of anilines is 3. The van der Waals surface area contributed by atoms with Crippen molar-refractivity contribution in [1.29, 1.82) is 0 Å². The highest BCUT2D eigenvalue weighted by atomic mass is 19.1. The van der Waals surface area contributed by atoms with Crippen LogP contribution in [-0.4, -0.2) is 9.97 Å². The van der Waals surface area contributed by atoms with E-state index >= 15 is 0 Å². The predicted octanol–water partition coefficient (Wildman–Crippen LogP) is 2.91. The van der Waals surface area contributed by atoms with Gasteiger partial charge in [0.15, 0.2) is 0 Å². The summed E-state index contributed by atoms with van der Waals surface area (Å²) in [6.45, 7) is 3.81. The first-order valence-corrected chi connectivity index (χ1v) is 6.07.